The molecule has 150 valence electrons. The van der Waals surface area contributed by atoms with Crippen molar-refractivity contribution in [1.82, 2.24) is 10.2 Å². The topological polar surface area (TPSA) is 49.4 Å². The molecule has 0 saturated carbocycles. The van der Waals surface area contributed by atoms with E-state index in [4.69, 9.17) is 23.2 Å². The van der Waals surface area contributed by atoms with Gasteiger partial charge in [0.15, 0.2) is 0 Å². The maximum atomic E-state index is 13.0. The number of rotatable bonds is 8. The molecule has 0 fully saturated rings. The highest BCUT2D eigenvalue weighted by Gasteiger charge is 2.26. The number of benzene rings is 2. The van der Waals surface area contributed by atoms with Gasteiger partial charge in [-0.15, -0.1) is 0 Å². The summed E-state index contributed by atoms with van der Waals surface area (Å²) < 4.78 is 0. The lowest BCUT2D eigenvalue weighted by molar-refractivity contribution is -0.140. The van der Waals surface area contributed by atoms with Gasteiger partial charge in [-0.05, 0) is 50.5 Å². The van der Waals surface area contributed by atoms with E-state index in [-0.39, 0.29) is 18.4 Å². The quantitative estimate of drug-likeness (QED) is 0.667. The van der Waals surface area contributed by atoms with Crippen molar-refractivity contribution in [3.05, 3.63) is 69.2 Å². The average molecular weight is 421 g/mol. The first-order valence-corrected chi connectivity index (χ1v) is 10.1. The molecule has 2 amide bonds. The molecule has 2 aromatic carbocycles. The van der Waals surface area contributed by atoms with E-state index in [2.05, 4.69) is 5.32 Å². The van der Waals surface area contributed by atoms with Crippen LogP contribution in [-0.2, 0) is 22.6 Å². The van der Waals surface area contributed by atoms with Crippen LogP contribution in [0.4, 0.5) is 0 Å². The standard InChI is InChI=1S/C22H26Cl2N2O2/c1-4-25-22(28)16(3)26(14-18-10-11-19(23)13-20(18)24)21(27)12-9-17-7-5-15(2)6-8-17/h5-8,10-11,13,16H,4,9,12,14H2,1-3H3,(H,25,28). The van der Waals surface area contributed by atoms with Gasteiger partial charge in [-0.3, -0.25) is 9.59 Å². The van der Waals surface area contributed by atoms with Crippen molar-refractivity contribution in [1.29, 1.82) is 0 Å². The van der Waals surface area contributed by atoms with Crippen LogP contribution in [-0.4, -0.2) is 29.3 Å². The third kappa shape index (κ3) is 6.25. The molecule has 0 spiro atoms. The van der Waals surface area contributed by atoms with Crippen molar-refractivity contribution in [2.45, 2.75) is 46.2 Å². The number of nitrogens with zero attached hydrogens (tertiary/aromatic N) is 1. The van der Waals surface area contributed by atoms with Crippen molar-refractivity contribution in [3.8, 4) is 0 Å². The molecular weight excluding hydrogens is 395 g/mol. The number of nitrogens with one attached hydrogen (secondary N) is 1. The van der Waals surface area contributed by atoms with Crippen molar-refractivity contribution >= 4 is 35.0 Å². The first-order valence-electron chi connectivity index (χ1n) is 9.38. The molecule has 1 N–H and O–H groups in total. The third-order valence-corrected chi connectivity index (χ3v) is 5.21. The fourth-order valence-electron chi connectivity index (χ4n) is 2.89. The molecule has 0 aromatic heterocycles. The van der Waals surface area contributed by atoms with Gasteiger partial charge in [-0.1, -0.05) is 59.1 Å². The largest absolute Gasteiger partial charge is 0.355 e. The molecule has 6 heteroatoms. The Labute approximate surface area is 176 Å². The molecule has 28 heavy (non-hydrogen) atoms. The maximum absolute atomic E-state index is 13.0. The monoisotopic (exact) mass is 420 g/mol. The lowest BCUT2D eigenvalue weighted by Crippen LogP contribution is -2.47. The van der Waals surface area contributed by atoms with Crippen molar-refractivity contribution in [3.63, 3.8) is 0 Å². The molecule has 0 aliphatic heterocycles. The molecule has 0 aliphatic carbocycles. The van der Waals surface area contributed by atoms with Crippen molar-refractivity contribution in [2.75, 3.05) is 6.54 Å². The number of carbonyl (C=O) groups is 2. The second-order valence-corrected chi connectivity index (χ2v) is 7.66. The first-order chi connectivity index (χ1) is 13.3. The highest BCUT2D eigenvalue weighted by molar-refractivity contribution is 6.35. The van der Waals surface area contributed by atoms with Crippen LogP contribution in [0.25, 0.3) is 0 Å². The van der Waals surface area contributed by atoms with Crippen LogP contribution in [0, 0.1) is 6.92 Å². The third-order valence-electron chi connectivity index (χ3n) is 4.62. The van der Waals surface area contributed by atoms with E-state index in [1.54, 1.807) is 30.0 Å². The molecule has 4 nitrogen and oxygen atoms in total. The normalized spacial score (nSPS) is 11.8. The number of likely N-dealkylation sites (N-methyl/N-ethyl adjacent to an activating group) is 1. The van der Waals surface area contributed by atoms with E-state index in [9.17, 15) is 9.59 Å². The Kier molecular flexibility index (Phi) is 8.34. The molecule has 0 heterocycles. The second-order valence-electron chi connectivity index (χ2n) is 6.81. The molecule has 0 radical (unpaired) electrons. The van der Waals surface area contributed by atoms with Crippen LogP contribution in [0.1, 0.15) is 37.0 Å². The minimum Gasteiger partial charge on any atom is -0.355 e. The van der Waals surface area contributed by atoms with E-state index in [1.807, 2.05) is 38.1 Å². The van der Waals surface area contributed by atoms with Crippen molar-refractivity contribution in [2.24, 2.45) is 0 Å². The fraction of sp³-hybridized carbons (Fsp3) is 0.364. The van der Waals surface area contributed by atoms with Crippen LogP contribution in [0.15, 0.2) is 42.5 Å². The summed E-state index contributed by atoms with van der Waals surface area (Å²) in [6, 6.07) is 12.7. The minimum absolute atomic E-state index is 0.0923. The van der Waals surface area contributed by atoms with Gasteiger partial charge in [0.25, 0.3) is 0 Å². The summed E-state index contributed by atoms with van der Waals surface area (Å²) in [5.74, 6) is -0.276. The van der Waals surface area contributed by atoms with Gasteiger partial charge < -0.3 is 10.2 Å². The second kappa shape index (κ2) is 10.5. The Hall–Kier alpha value is -2.04. The van der Waals surface area contributed by atoms with Crippen LogP contribution >= 0.6 is 23.2 Å². The highest BCUT2D eigenvalue weighted by atomic mass is 35.5. The van der Waals surface area contributed by atoms with Gasteiger partial charge in [0.1, 0.15) is 6.04 Å². The Bertz CT molecular complexity index is 822. The SMILES string of the molecule is CCNC(=O)C(C)N(Cc1ccc(Cl)cc1Cl)C(=O)CCc1ccc(C)cc1. The van der Waals surface area contributed by atoms with Gasteiger partial charge in [0.05, 0.1) is 0 Å². The zero-order chi connectivity index (χ0) is 20.7. The molecule has 0 aliphatic rings. The van der Waals surface area contributed by atoms with Crippen LogP contribution in [0.2, 0.25) is 10.0 Å². The number of hydrogen-bond acceptors (Lipinski definition) is 2. The van der Waals surface area contributed by atoms with E-state index >= 15 is 0 Å². The maximum Gasteiger partial charge on any atom is 0.242 e. The first kappa shape index (κ1) is 22.3. The highest BCUT2D eigenvalue weighted by Crippen LogP contribution is 2.23. The van der Waals surface area contributed by atoms with Gasteiger partial charge in [0.2, 0.25) is 11.8 Å². The van der Waals surface area contributed by atoms with Gasteiger partial charge in [-0.2, -0.15) is 0 Å². The Balaban J connectivity index is 2.17. The summed E-state index contributed by atoms with van der Waals surface area (Å²) in [7, 11) is 0. The summed E-state index contributed by atoms with van der Waals surface area (Å²) in [6.45, 7) is 6.38. The van der Waals surface area contributed by atoms with Crippen LogP contribution in [0.5, 0.6) is 0 Å². The predicted molar refractivity (Wildman–Crippen MR) is 115 cm³/mol. The molecule has 0 saturated heterocycles. The summed E-state index contributed by atoms with van der Waals surface area (Å²) in [6.07, 6.45) is 0.935. The average Bonchev–Trinajstić information content (AvgIpc) is 2.66. The van der Waals surface area contributed by atoms with E-state index in [1.165, 1.54) is 5.56 Å². The van der Waals surface area contributed by atoms with Crippen molar-refractivity contribution < 1.29 is 9.59 Å². The molecule has 1 atom stereocenters. The van der Waals surface area contributed by atoms with E-state index in [0.717, 1.165) is 11.1 Å². The zero-order valence-corrected chi connectivity index (χ0v) is 18.0. The van der Waals surface area contributed by atoms with Gasteiger partial charge >= 0.3 is 0 Å². The predicted octanol–water partition coefficient (Wildman–Crippen LogP) is 4.79. The van der Waals surface area contributed by atoms with Crippen LogP contribution < -0.4 is 5.32 Å². The lowest BCUT2D eigenvalue weighted by Gasteiger charge is -2.29. The summed E-state index contributed by atoms with van der Waals surface area (Å²) in [4.78, 5) is 26.9. The van der Waals surface area contributed by atoms with Gasteiger partial charge in [0, 0.05) is 29.6 Å². The number of halogens is 2. The van der Waals surface area contributed by atoms with E-state index in [0.29, 0.717) is 29.4 Å². The Morgan fingerprint density at radius 1 is 1.11 bits per heavy atom. The Morgan fingerprint density at radius 3 is 2.39 bits per heavy atom. The minimum atomic E-state index is -0.600. The number of hydrogen-bond donors (Lipinski definition) is 1. The number of amides is 2. The molecule has 2 rings (SSSR count). The molecule has 2 aromatic rings. The van der Waals surface area contributed by atoms with E-state index < -0.39 is 6.04 Å². The molecule has 0 bridgehead atoms. The lowest BCUT2D eigenvalue weighted by atomic mass is 10.1. The number of aryl methyl sites for hydroxylation is 2. The number of carbonyl (C=O) groups excluding carboxylic acids is 2. The molecule has 1 unspecified atom stereocenters. The zero-order valence-electron chi connectivity index (χ0n) is 16.5. The Morgan fingerprint density at radius 2 is 1.79 bits per heavy atom. The van der Waals surface area contributed by atoms with Crippen LogP contribution in [0.3, 0.4) is 0 Å². The summed E-state index contributed by atoms with van der Waals surface area (Å²) >= 11 is 12.3. The summed E-state index contributed by atoms with van der Waals surface area (Å²) in [5.41, 5.74) is 3.03. The fourth-order valence-corrected chi connectivity index (χ4v) is 3.36. The smallest absolute Gasteiger partial charge is 0.242 e. The molecular formula is C22H26Cl2N2O2. The summed E-state index contributed by atoms with van der Waals surface area (Å²) in [5, 5.41) is 3.79. The van der Waals surface area contributed by atoms with Gasteiger partial charge in [-0.25, -0.2) is 0 Å².